The Labute approximate surface area is 344 Å². The minimum atomic E-state index is -0.890. The predicted molar refractivity (Wildman–Crippen MR) is 227 cm³/mol. The van der Waals surface area contributed by atoms with Crippen LogP contribution in [0.4, 0.5) is 11.4 Å². The number of para-hydroxylation sites is 2. The molecule has 2 saturated heterocycles. The van der Waals surface area contributed by atoms with E-state index in [1.54, 1.807) is 24.3 Å². The fourth-order valence-corrected chi connectivity index (χ4v) is 7.85. The van der Waals surface area contributed by atoms with Gasteiger partial charge in [-0.2, -0.15) is 0 Å². The zero-order chi connectivity index (χ0) is 40.5. The summed E-state index contributed by atoms with van der Waals surface area (Å²) in [6.45, 7) is 2.50. The van der Waals surface area contributed by atoms with Crippen molar-refractivity contribution in [1.82, 2.24) is 10.2 Å². The average Bonchev–Trinajstić information content (AvgIpc) is 3.25. The Balaban J connectivity index is 0.979. The van der Waals surface area contributed by atoms with E-state index in [0.29, 0.717) is 55.2 Å². The lowest BCUT2D eigenvalue weighted by Crippen LogP contribution is -2.46. The molecule has 2 amide bonds. The summed E-state index contributed by atoms with van der Waals surface area (Å²) < 4.78 is 13.4. The SMILES string of the molecule is Nc1ccccc1NC(=O)CCCC(=O)NCc1cccc(-c2cccc(C3OC(CN4CCC(O)(c5ccc(Cl)cc5)CC4)CC(c4ccc(CO)cc4)O3)c2)c1. The largest absolute Gasteiger partial charge is 0.397 e. The lowest BCUT2D eigenvalue weighted by molar-refractivity contribution is -0.253. The molecule has 3 atom stereocenters. The van der Waals surface area contributed by atoms with E-state index in [1.165, 1.54) is 0 Å². The van der Waals surface area contributed by atoms with Gasteiger partial charge in [0.2, 0.25) is 11.8 Å². The number of nitrogen functional groups attached to an aromatic ring is 1. The highest BCUT2D eigenvalue weighted by molar-refractivity contribution is 6.30. The van der Waals surface area contributed by atoms with Crippen LogP contribution >= 0.6 is 11.6 Å². The second-order valence-corrected chi connectivity index (χ2v) is 15.7. The van der Waals surface area contributed by atoms with E-state index in [9.17, 15) is 19.8 Å². The topological polar surface area (TPSA) is 146 Å². The van der Waals surface area contributed by atoms with Gasteiger partial charge in [0, 0.05) is 56.0 Å². The number of aliphatic hydroxyl groups is 2. The second-order valence-electron chi connectivity index (χ2n) is 15.3. The summed E-state index contributed by atoms with van der Waals surface area (Å²) in [6, 6.07) is 38.7. The van der Waals surface area contributed by atoms with Gasteiger partial charge in [-0.1, -0.05) is 96.5 Å². The van der Waals surface area contributed by atoms with Crippen LogP contribution in [0.3, 0.4) is 0 Å². The Bertz CT molecular complexity index is 2160. The highest BCUT2D eigenvalue weighted by atomic mass is 35.5. The number of rotatable bonds is 14. The second kappa shape index (κ2) is 19.1. The molecule has 0 aliphatic carbocycles. The molecule has 0 radical (unpaired) electrons. The summed E-state index contributed by atoms with van der Waals surface area (Å²) in [5.41, 5.74) is 12.7. The summed E-state index contributed by atoms with van der Waals surface area (Å²) in [4.78, 5) is 27.4. The predicted octanol–water partition coefficient (Wildman–Crippen LogP) is 8.04. The van der Waals surface area contributed by atoms with Crippen LogP contribution < -0.4 is 16.4 Å². The Kier molecular flexibility index (Phi) is 13.6. The standard InChI is InChI=1S/C47H51ClN4O6/c48-39-20-18-38(19-21-39)47(56)22-24-52(25-23-47)30-40-28-43(34-16-14-32(31-53)15-17-34)58-46(57-40)37-9-4-8-36(27-37)35-7-3-6-33(26-35)29-50-44(54)12-5-13-45(55)51-42-11-2-1-10-41(42)49/h1-4,6-11,14-21,26-27,40,43,46,53,56H,5,12-13,22-25,28-31,49H2,(H,50,54)(H,51,55). The van der Waals surface area contributed by atoms with E-state index in [0.717, 1.165) is 52.0 Å². The van der Waals surface area contributed by atoms with Crippen LogP contribution in [-0.2, 0) is 37.8 Å². The number of nitrogens with two attached hydrogens (primary N) is 1. The zero-order valence-corrected chi connectivity index (χ0v) is 33.2. The summed E-state index contributed by atoms with van der Waals surface area (Å²) in [7, 11) is 0. The number of hydrogen-bond acceptors (Lipinski definition) is 8. The number of nitrogens with one attached hydrogen (secondary N) is 2. The van der Waals surface area contributed by atoms with Crippen LogP contribution in [-0.4, -0.2) is 52.7 Å². The number of carbonyl (C=O) groups is 2. The van der Waals surface area contributed by atoms with Crippen LogP contribution in [0.5, 0.6) is 0 Å². The van der Waals surface area contributed by atoms with Crippen molar-refractivity contribution in [3.63, 3.8) is 0 Å². The minimum Gasteiger partial charge on any atom is -0.397 e. The Morgan fingerprint density at radius 3 is 2.24 bits per heavy atom. The molecule has 0 spiro atoms. The van der Waals surface area contributed by atoms with Crippen molar-refractivity contribution < 1.29 is 29.3 Å². The lowest BCUT2D eigenvalue weighted by Gasteiger charge is -2.42. The number of anilines is 2. The van der Waals surface area contributed by atoms with E-state index in [2.05, 4.69) is 33.7 Å². The first kappa shape index (κ1) is 41.1. The Morgan fingerprint density at radius 1 is 0.793 bits per heavy atom. The van der Waals surface area contributed by atoms with Gasteiger partial charge in [-0.05, 0) is 89.0 Å². The molecule has 0 aromatic heterocycles. The minimum absolute atomic E-state index is 0.0237. The van der Waals surface area contributed by atoms with Crippen LogP contribution in [0, 0.1) is 0 Å². The number of amides is 2. The molecule has 11 heteroatoms. The van der Waals surface area contributed by atoms with Crippen molar-refractivity contribution in [2.24, 2.45) is 0 Å². The monoisotopic (exact) mass is 802 g/mol. The molecule has 3 unspecified atom stereocenters. The van der Waals surface area contributed by atoms with E-state index in [4.69, 9.17) is 26.8 Å². The van der Waals surface area contributed by atoms with Crippen molar-refractivity contribution in [2.45, 2.75) is 75.8 Å². The maximum atomic E-state index is 12.7. The van der Waals surface area contributed by atoms with Crippen LogP contribution in [0.2, 0.25) is 5.02 Å². The fourth-order valence-electron chi connectivity index (χ4n) is 7.72. The number of piperidine rings is 1. The Hall–Kier alpha value is -5.07. The molecule has 58 heavy (non-hydrogen) atoms. The smallest absolute Gasteiger partial charge is 0.224 e. The summed E-state index contributed by atoms with van der Waals surface area (Å²) >= 11 is 6.11. The molecule has 6 N–H and O–H groups in total. The van der Waals surface area contributed by atoms with E-state index >= 15 is 0 Å². The van der Waals surface area contributed by atoms with Crippen molar-refractivity contribution >= 4 is 34.8 Å². The zero-order valence-electron chi connectivity index (χ0n) is 32.5. The molecule has 2 aliphatic heterocycles. The van der Waals surface area contributed by atoms with E-state index < -0.39 is 11.9 Å². The molecule has 5 aromatic carbocycles. The number of carbonyl (C=O) groups excluding carboxylic acids is 2. The average molecular weight is 803 g/mol. The number of ether oxygens (including phenoxy) is 2. The van der Waals surface area contributed by atoms with Crippen LogP contribution in [0.25, 0.3) is 11.1 Å². The number of aliphatic hydroxyl groups excluding tert-OH is 1. The molecule has 2 heterocycles. The van der Waals surface area contributed by atoms with Crippen LogP contribution in [0.15, 0.2) is 121 Å². The molecule has 302 valence electrons. The number of halogens is 1. The normalized spacial score (nSPS) is 19.3. The number of hydrogen-bond donors (Lipinski definition) is 5. The summed E-state index contributed by atoms with van der Waals surface area (Å²) in [6.07, 6.45) is 1.79. The van der Waals surface area contributed by atoms with Crippen molar-refractivity contribution in [1.29, 1.82) is 0 Å². The fraction of sp³-hybridized carbons (Fsp3) is 0.319. The third kappa shape index (κ3) is 10.7. The molecule has 0 saturated carbocycles. The molecule has 10 nitrogen and oxygen atoms in total. The summed E-state index contributed by atoms with van der Waals surface area (Å²) in [5, 5.41) is 27.6. The van der Waals surface area contributed by atoms with E-state index in [-0.39, 0.29) is 43.5 Å². The summed E-state index contributed by atoms with van der Waals surface area (Å²) in [5.74, 6) is -0.304. The maximum absolute atomic E-state index is 12.7. The first-order valence-electron chi connectivity index (χ1n) is 20.0. The van der Waals surface area contributed by atoms with Crippen molar-refractivity contribution in [3.8, 4) is 11.1 Å². The van der Waals surface area contributed by atoms with Gasteiger partial charge in [0.1, 0.15) is 0 Å². The lowest BCUT2D eigenvalue weighted by atomic mass is 9.84. The van der Waals surface area contributed by atoms with Crippen molar-refractivity contribution in [3.05, 3.63) is 154 Å². The van der Waals surface area contributed by atoms with E-state index in [1.807, 2.05) is 78.9 Å². The number of likely N-dealkylation sites (tertiary alicyclic amines) is 1. The third-order valence-electron chi connectivity index (χ3n) is 11.1. The molecule has 7 rings (SSSR count). The van der Waals surface area contributed by atoms with Gasteiger partial charge in [-0.15, -0.1) is 0 Å². The molecular formula is C47H51ClN4O6. The maximum Gasteiger partial charge on any atom is 0.224 e. The highest BCUT2D eigenvalue weighted by Gasteiger charge is 2.37. The third-order valence-corrected chi connectivity index (χ3v) is 11.3. The van der Waals surface area contributed by atoms with Gasteiger partial charge >= 0.3 is 0 Å². The first-order valence-corrected chi connectivity index (χ1v) is 20.3. The molecular weight excluding hydrogens is 752 g/mol. The Morgan fingerprint density at radius 2 is 1.50 bits per heavy atom. The quantitative estimate of drug-likeness (QED) is 0.0710. The van der Waals surface area contributed by atoms with Crippen LogP contribution in [0.1, 0.15) is 78.7 Å². The molecule has 0 bridgehead atoms. The molecule has 2 aliphatic rings. The van der Waals surface area contributed by atoms with Gasteiger partial charge in [-0.3, -0.25) is 9.59 Å². The van der Waals surface area contributed by atoms with Gasteiger partial charge in [0.05, 0.1) is 35.8 Å². The van der Waals surface area contributed by atoms with Gasteiger partial charge in [-0.25, -0.2) is 0 Å². The molecule has 2 fully saturated rings. The van der Waals surface area contributed by atoms with Gasteiger partial charge in [0.15, 0.2) is 6.29 Å². The van der Waals surface area contributed by atoms with Gasteiger partial charge in [0.25, 0.3) is 0 Å². The first-order chi connectivity index (χ1) is 28.1. The highest BCUT2D eigenvalue weighted by Crippen LogP contribution is 2.40. The van der Waals surface area contributed by atoms with Crippen molar-refractivity contribution in [2.75, 3.05) is 30.7 Å². The van der Waals surface area contributed by atoms with Gasteiger partial charge < -0.3 is 41.0 Å². The molecule has 5 aromatic rings. The number of nitrogens with zero attached hydrogens (tertiary/aromatic N) is 1. The number of benzene rings is 5.